The van der Waals surface area contributed by atoms with Gasteiger partial charge in [0.2, 0.25) is 10.0 Å². The lowest BCUT2D eigenvalue weighted by Crippen LogP contribution is -2.23. The third kappa shape index (κ3) is 3.57. The molecule has 0 bridgehead atoms. The highest BCUT2D eigenvalue weighted by Crippen LogP contribution is 2.27. The Bertz CT molecular complexity index is 713. The quantitative estimate of drug-likeness (QED) is 0.870. The van der Waals surface area contributed by atoms with E-state index in [0.29, 0.717) is 10.2 Å². The van der Waals surface area contributed by atoms with Crippen molar-refractivity contribution in [3.8, 4) is 5.75 Å². The van der Waals surface area contributed by atoms with Gasteiger partial charge in [0.15, 0.2) is 0 Å². The van der Waals surface area contributed by atoms with E-state index in [1.54, 1.807) is 12.1 Å². The Morgan fingerprint density at radius 1 is 1.45 bits per heavy atom. The molecule has 0 fully saturated rings. The van der Waals surface area contributed by atoms with Gasteiger partial charge in [-0.05, 0) is 25.1 Å². The monoisotopic (exact) mass is 376 g/mol. The highest BCUT2D eigenvalue weighted by atomic mass is 79.9. The first-order chi connectivity index (χ1) is 9.42. The molecule has 1 N–H and O–H groups in total. The Balaban J connectivity index is 2.24. The number of hydrogen-bond donors (Lipinski definition) is 1. The fraction of sp³-hybridized carbons (Fsp3) is 0.250. The van der Waals surface area contributed by atoms with Crippen LogP contribution in [0.2, 0.25) is 0 Å². The highest BCUT2D eigenvalue weighted by molar-refractivity contribution is 9.10. The Morgan fingerprint density at radius 2 is 2.20 bits per heavy atom. The molecule has 0 atom stereocenters. The summed E-state index contributed by atoms with van der Waals surface area (Å²) < 4.78 is 32.9. The first kappa shape index (κ1) is 15.4. The molecule has 108 valence electrons. The first-order valence-corrected chi connectivity index (χ1v) is 8.82. The summed E-state index contributed by atoms with van der Waals surface area (Å²) in [6.45, 7) is 2.03. The number of sulfonamides is 1. The number of nitrogens with one attached hydrogen (secondary N) is 1. The van der Waals surface area contributed by atoms with Gasteiger partial charge in [0, 0.05) is 15.5 Å². The topological polar surface area (TPSA) is 68.3 Å². The predicted molar refractivity (Wildman–Crippen MR) is 81.6 cm³/mol. The number of benzene rings is 1. The summed E-state index contributed by atoms with van der Waals surface area (Å²) in [5.74, 6) is 0.302. The van der Waals surface area contributed by atoms with E-state index >= 15 is 0 Å². The third-order valence-electron chi connectivity index (χ3n) is 2.50. The molecule has 0 radical (unpaired) electrons. The lowest BCUT2D eigenvalue weighted by molar-refractivity contribution is 0.402. The van der Waals surface area contributed by atoms with Crippen LogP contribution in [0.1, 0.15) is 10.7 Å². The van der Waals surface area contributed by atoms with Crippen molar-refractivity contribution >= 4 is 37.3 Å². The second-order valence-electron chi connectivity index (χ2n) is 4.00. The number of rotatable bonds is 5. The van der Waals surface area contributed by atoms with Crippen LogP contribution < -0.4 is 9.46 Å². The fourth-order valence-corrected chi connectivity index (χ4v) is 4.08. The first-order valence-electron chi connectivity index (χ1n) is 5.66. The molecule has 0 saturated carbocycles. The molecular formula is C12H13BrN2O3S2. The van der Waals surface area contributed by atoms with E-state index < -0.39 is 10.0 Å². The van der Waals surface area contributed by atoms with Gasteiger partial charge in [-0.15, -0.1) is 11.3 Å². The maximum absolute atomic E-state index is 12.3. The molecule has 2 rings (SSSR count). The molecule has 0 spiro atoms. The normalized spacial score (nSPS) is 11.6. The van der Waals surface area contributed by atoms with Crippen LogP contribution in [0.3, 0.4) is 0 Å². The van der Waals surface area contributed by atoms with Gasteiger partial charge in [-0.1, -0.05) is 15.9 Å². The van der Waals surface area contributed by atoms with E-state index in [-0.39, 0.29) is 11.4 Å². The maximum Gasteiger partial charge on any atom is 0.244 e. The molecule has 20 heavy (non-hydrogen) atoms. The molecule has 5 nitrogen and oxygen atoms in total. The minimum Gasteiger partial charge on any atom is -0.495 e. The van der Waals surface area contributed by atoms with E-state index in [1.165, 1.54) is 24.5 Å². The van der Waals surface area contributed by atoms with E-state index in [1.807, 2.05) is 12.3 Å². The van der Waals surface area contributed by atoms with Crippen LogP contribution in [0.25, 0.3) is 0 Å². The van der Waals surface area contributed by atoms with Gasteiger partial charge in [0.05, 0.1) is 13.7 Å². The molecule has 0 aliphatic carbocycles. The Hall–Kier alpha value is -0.960. The molecule has 0 amide bonds. The molecular weight excluding hydrogens is 364 g/mol. The third-order valence-corrected chi connectivity index (χ3v) is 5.38. The summed E-state index contributed by atoms with van der Waals surface area (Å²) >= 11 is 4.68. The second-order valence-corrected chi connectivity index (χ2v) is 7.60. The van der Waals surface area contributed by atoms with Crippen LogP contribution in [0.5, 0.6) is 5.75 Å². The van der Waals surface area contributed by atoms with Crippen molar-refractivity contribution in [2.45, 2.75) is 18.4 Å². The molecule has 0 aliphatic heterocycles. The van der Waals surface area contributed by atoms with Crippen molar-refractivity contribution in [2.75, 3.05) is 7.11 Å². The van der Waals surface area contributed by atoms with E-state index in [4.69, 9.17) is 4.74 Å². The SMILES string of the molecule is COc1ccc(Br)cc1S(=O)(=O)NCc1nc(C)cs1. The molecule has 1 aromatic carbocycles. The van der Waals surface area contributed by atoms with Gasteiger partial charge in [-0.25, -0.2) is 18.1 Å². The van der Waals surface area contributed by atoms with Crippen molar-refractivity contribution in [1.29, 1.82) is 0 Å². The van der Waals surface area contributed by atoms with Crippen molar-refractivity contribution in [3.63, 3.8) is 0 Å². The van der Waals surface area contributed by atoms with Crippen LogP contribution >= 0.6 is 27.3 Å². The number of aromatic nitrogens is 1. The second kappa shape index (κ2) is 6.21. The van der Waals surface area contributed by atoms with Crippen LogP contribution in [-0.4, -0.2) is 20.5 Å². The molecule has 0 saturated heterocycles. The average molecular weight is 377 g/mol. The number of thiazole rings is 1. The number of ether oxygens (including phenoxy) is 1. The fourth-order valence-electron chi connectivity index (χ4n) is 1.58. The van der Waals surface area contributed by atoms with Gasteiger partial charge in [-0.3, -0.25) is 0 Å². The van der Waals surface area contributed by atoms with Gasteiger partial charge in [0.1, 0.15) is 15.7 Å². The molecule has 1 aromatic heterocycles. The Kier molecular flexibility index (Phi) is 4.79. The molecule has 0 aliphatic rings. The summed E-state index contributed by atoms with van der Waals surface area (Å²) in [7, 11) is -2.22. The zero-order valence-corrected chi connectivity index (χ0v) is 14.1. The molecule has 0 unspecified atom stereocenters. The lowest BCUT2D eigenvalue weighted by Gasteiger charge is -2.10. The maximum atomic E-state index is 12.3. The van der Waals surface area contributed by atoms with Crippen LogP contribution in [0.15, 0.2) is 32.9 Å². The van der Waals surface area contributed by atoms with Gasteiger partial charge in [0.25, 0.3) is 0 Å². The lowest BCUT2D eigenvalue weighted by atomic mass is 10.3. The van der Waals surface area contributed by atoms with E-state index in [2.05, 4.69) is 25.6 Å². The molecule has 2 aromatic rings. The van der Waals surface area contributed by atoms with Crippen molar-refractivity contribution in [1.82, 2.24) is 9.71 Å². The van der Waals surface area contributed by atoms with Crippen molar-refractivity contribution < 1.29 is 13.2 Å². The molecule has 8 heteroatoms. The Labute approximate surface area is 130 Å². The largest absolute Gasteiger partial charge is 0.495 e. The van der Waals surface area contributed by atoms with Crippen molar-refractivity contribution in [2.24, 2.45) is 0 Å². The van der Waals surface area contributed by atoms with E-state index in [9.17, 15) is 8.42 Å². The van der Waals surface area contributed by atoms with Crippen LogP contribution in [-0.2, 0) is 16.6 Å². The smallest absolute Gasteiger partial charge is 0.244 e. The van der Waals surface area contributed by atoms with Gasteiger partial charge in [-0.2, -0.15) is 0 Å². The van der Waals surface area contributed by atoms with Crippen molar-refractivity contribution in [3.05, 3.63) is 38.8 Å². The number of methoxy groups -OCH3 is 1. The standard InChI is InChI=1S/C12H13BrN2O3S2/c1-8-7-19-12(15-8)6-14-20(16,17)11-5-9(13)3-4-10(11)18-2/h3-5,7,14H,6H2,1-2H3. The summed E-state index contributed by atoms with van der Waals surface area (Å²) in [6.07, 6.45) is 0. The van der Waals surface area contributed by atoms with Gasteiger partial charge < -0.3 is 4.74 Å². The zero-order valence-electron chi connectivity index (χ0n) is 10.9. The summed E-state index contributed by atoms with van der Waals surface area (Å²) in [5, 5.41) is 2.60. The summed E-state index contributed by atoms with van der Waals surface area (Å²) in [6, 6.07) is 4.84. The summed E-state index contributed by atoms with van der Waals surface area (Å²) in [4.78, 5) is 4.32. The number of aryl methyl sites for hydroxylation is 1. The van der Waals surface area contributed by atoms with E-state index in [0.717, 1.165) is 10.7 Å². The number of nitrogens with zero attached hydrogens (tertiary/aromatic N) is 1. The zero-order chi connectivity index (χ0) is 14.8. The Morgan fingerprint density at radius 3 is 2.80 bits per heavy atom. The minimum atomic E-state index is -3.65. The summed E-state index contributed by atoms with van der Waals surface area (Å²) in [5.41, 5.74) is 0.879. The highest BCUT2D eigenvalue weighted by Gasteiger charge is 2.20. The van der Waals surface area contributed by atoms with Crippen LogP contribution in [0, 0.1) is 6.92 Å². The minimum absolute atomic E-state index is 0.0997. The predicted octanol–water partition coefficient (Wildman–Crippen LogP) is 2.70. The number of halogens is 1. The average Bonchev–Trinajstić information content (AvgIpc) is 2.82. The number of hydrogen-bond acceptors (Lipinski definition) is 5. The van der Waals surface area contributed by atoms with Crippen LogP contribution in [0.4, 0.5) is 0 Å². The van der Waals surface area contributed by atoms with Gasteiger partial charge >= 0.3 is 0 Å². The molecule has 1 heterocycles.